The lowest BCUT2D eigenvalue weighted by Crippen LogP contribution is -2.14. The average Bonchev–Trinajstić information content (AvgIpc) is 3.49. The van der Waals surface area contributed by atoms with E-state index in [0.29, 0.717) is 11.6 Å². The van der Waals surface area contributed by atoms with Crippen molar-refractivity contribution in [1.82, 2.24) is 15.2 Å². The van der Waals surface area contributed by atoms with Gasteiger partial charge in [-0.05, 0) is 89.7 Å². The Kier molecular flexibility index (Phi) is 4.85. The summed E-state index contributed by atoms with van der Waals surface area (Å²) in [6, 6.07) is 13.9. The monoisotopic (exact) mass is 412 g/mol. The molecule has 6 heteroatoms. The van der Waals surface area contributed by atoms with Gasteiger partial charge in [-0.3, -0.25) is 9.78 Å². The van der Waals surface area contributed by atoms with E-state index in [0.717, 1.165) is 52.0 Å². The minimum atomic E-state index is -0.242. The Balaban J connectivity index is 1.42. The minimum absolute atomic E-state index is 0.242. The molecule has 1 aliphatic carbocycles. The number of aryl methyl sites for hydroxylation is 1. The third-order valence-corrected chi connectivity index (χ3v) is 6.02. The summed E-state index contributed by atoms with van der Waals surface area (Å²) >= 11 is 1.65. The van der Waals surface area contributed by atoms with E-state index in [9.17, 15) is 4.79 Å². The first-order valence-electron chi connectivity index (χ1n) is 9.91. The molecule has 1 aromatic carbocycles. The standard InChI is InChI=1S/C24H20N4OS/c1-15-2-5-20(27-24(29)23-11-19(13-26-28-23)16-3-4-16)12-21(15)17-6-8-25-22(10-17)18-7-9-30-14-18/h2,5-14,16H,3-4H2,1H3,(H,27,29). The third kappa shape index (κ3) is 3.86. The second kappa shape index (κ2) is 7.80. The summed E-state index contributed by atoms with van der Waals surface area (Å²) in [6.07, 6.45) is 5.90. The molecule has 0 unspecified atom stereocenters. The van der Waals surface area contributed by atoms with Gasteiger partial charge in [0.2, 0.25) is 0 Å². The van der Waals surface area contributed by atoms with Gasteiger partial charge in [0.25, 0.3) is 5.91 Å². The van der Waals surface area contributed by atoms with Crippen LogP contribution in [0.3, 0.4) is 0 Å². The van der Waals surface area contributed by atoms with Gasteiger partial charge in [0.05, 0.1) is 11.9 Å². The van der Waals surface area contributed by atoms with Gasteiger partial charge in [0, 0.05) is 22.8 Å². The zero-order valence-corrected chi connectivity index (χ0v) is 17.3. The van der Waals surface area contributed by atoms with Crippen molar-refractivity contribution in [2.45, 2.75) is 25.7 Å². The van der Waals surface area contributed by atoms with Crippen LogP contribution in [0, 0.1) is 6.92 Å². The van der Waals surface area contributed by atoms with E-state index < -0.39 is 0 Å². The van der Waals surface area contributed by atoms with Crippen LogP contribution < -0.4 is 5.32 Å². The highest BCUT2D eigenvalue weighted by molar-refractivity contribution is 7.08. The molecular weight excluding hydrogens is 392 g/mol. The Bertz CT molecular complexity index is 1220. The number of carbonyl (C=O) groups is 1. The van der Waals surface area contributed by atoms with E-state index in [1.165, 1.54) is 0 Å². The molecule has 0 aliphatic heterocycles. The first-order chi connectivity index (χ1) is 14.7. The summed E-state index contributed by atoms with van der Waals surface area (Å²) in [7, 11) is 0. The average molecular weight is 413 g/mol. The topological polar surface area (TPSA) is 67.8 Å². The van der Waals surface area contributed by atoms with E-state index >= 15 is 0 Å². The van der Waals surface area contributed by atoms with Crippen LogP contribution in [0.15, 0.2) is 65.6 Å². The molecule has 1 fully saturated rings. The molecule has 0 atom stereocenters. The van der Waals surface area contributed by atoms with Crippen molar-refractivity contribution in [2.24, 2.45) is 0 Å². The normalized spacial score (nSPS) is 13.2. The summed E-state index contributed by atoms with van der Waals surface area (Å²) in [5, 5.41) is 15.1. The Morgan fingerprint density at radius 1 is 1.10 bits per heavy atom. The second-order valence-corrected chi connectivity index (χ2v) is 8.35. The van der Waals surface area contributed by atoms with Crippen LogP contribution in [0.4, 0.5) is 5.69 Å². The molecule has 1 saturated carbocycles. The van der Waals surface area contributed by atoms with E-state index in [-0.39, 0.29) is 5.91 Å². The number of rotatable bonds is 5. The number of hydrogen-bond donors (Lipinski definition) is 1. The lowest BCUT2D eigenvalue weighted by molar-refractivity contribution is 0.102. The van der Waals surface area contributed by atoms with Crippen molar-refractivity contribution in [3.05, 3.63) is 82.4 Å². The van der Waals surface area contributed by atoms with E-state index in [1.54, 1.807) is 17.5 Å². The molecule has 148 valence electrons. The highest BCUT2D eigenvalue weighted by Crippen LogP contribution is 2.39. The number of hydrogen-bond acceptors (Lipinski definition) is 5. The summed E-state index contributed by atoms with van der Waals surface area (Å²) in [4.78, 5) is 17.2. The lowest BCUT2D eigenvalue weighted by atomic mass is 9.99. The van der Waals surface area contributed by atoms with Crippen LogP contribution in [-0.2, 0) is 0 Å². The Morgan fingerprint density at radius 2 is 2.00 bits per heavy atom. The second-order valence-electron chi connectivity index (χ2n) is 7.57. The van der Waals surface area contributed by atoms with Crippen molar-refractivity contribution in [1.29, 1.82) is 0 Å². The van der Waals surface area contributed by atoms with Gasteiger partial charge in [-0.25, -0.2) is 0 Å². The maximum absolute atomic E-state index is 12.7. The number of pyridine rings is 1. The van der Waals surface area contributed by atoms with Crippen LogP contribution >= 0.6 is 11.3 Å². The lowest BCUT2D eigenvalue weighted by Gasteiger charge is -2.11. The van der Waals surface area contributed by atoms with E-state index in [2.05, 4.69) is 44.9 Å². The van der Waals surface area contributed by atoms with Crippen LogP contribution in [0.1, 0.15) is 40.4 Å². The molecule has 4 aromatic rings. The van der Waals surface area contributed by atoms with E-state index in [1.807, 2.05) is 41.9 Å². The van der Waals surface area contributed by atoms with E-state index in [4.69, 9.17) is 0 Å². The summed E-state index contributed by atoms with van der Waals surface area (Å²) in [5.74, 6) is 0.288. The molecular formula is C24H20N4OS. The first kappa shape index (κ1) is 18.6. The maximum atomic E-state index is 12.7. The van der Waals surface area contributed by atoms with Crippen molar-refractivity contribution in [3.63, 3.8) is 0 Å². The van der Waals surface area contributed by atoms with Crippen LogP contribution in [-0.4, -0.2) is 21.1 Å². The molecule has 0 saturated heterocycles. The predicted octanol–water partition coefficient (Wildman–Crippen LogP) is 5.71. The molecule has 1 aliphatic rings. The van der Waals surface area contributed by atoms with Gasteiger partial charge in [0.15, 0.2) is 5.69 Å². The summed E-state index contributed by atoms with van der Waals surface area (Å²) in [5.41, 5.74) is 7.48. The largest absolute Gasteiger partial charge is 0.321 e. The molecule has 3 aromatic heterocycles. The fourth-order valence-corrected chi connectivity index (χ4v) is 4.15. The molecule has 5 rings (SSSR count). The SMILES string of the molecule is Cc1ccc(NC(=O)c2cc(C3CC3)cnn2)cc1-c1ccnc(-c2ccsc2)c1. The Morgan fingerprint density at radius 3 is 2.80 bits per heavy atom. The van der Waals surface area contributed by atoms with Gasteiger partial charge < -0.3 is 5.32 Å². The number of amides is 1. The first-order valence-corrected chi connectivity index (χ1v) is 10.9. The summed E-state index contributed by atoms with van der Waals surface area (Å²) < 4.78 is 0. The van der Waals surface area contributed by atoms with Crippen LogP contribution in [0.5, 0.6) is 0 Å². The Hall–Kier alpha value is -3.38. The van der Waals surface area contributed by atoms with Gasteiger partial charge in [-0.15, -0.1) is 5.10 Å². The highest BCUT2D eigenvalue weighted by atomic mass is 32.1. The number of anilines is 1. The highest BCUT2D eigenvalue weighted by Gasteiger charge is 2.25. The number of nitrogens with zero attached hydrogens (tertiary/aromatic N) is 3. The van der Waals surface area contributed by atoms with Crippen LogP contribution in [0.25, 0.3) is 22.4 Å². The number of carbonyl (C=O) groups excluding carboxylic acids is 1. The number of benzene rings is 1. The molecule has 0 spiro atoms. The summed E-state index contributed by atoms with van der Waals surface area (Å²) in [6.45, 7) is 2.07. The molecule has 30 heavy (non-hydrogen) atoms. The van der Waals surface area contributed by atoms with Crippen LogP contribution in [0.2, 0.25) is 0 Å². The van der Waals surface area contributed by atoms with Gasteiger partial charge in [-0.2, -0.15) is 16.4 Å². The van der Waals surface area contributed by atoms with Crippen molar-refractivity contribution < 1.29 is 4.79 Å². The third-order valence-electron chi connectivity index (χ3n) is 5.34. The fraction of sp³-hybridized carbons (Fsp3) is 0.167. The number of thiophene rings is 1. The predicted molar refractivity (Wildman–Crippen MR) is 120 cm³/mol. The maximum Gasteiger partial charge on any atom is 0.276 e. The van der Waals surface area contributed by atoms with Crippen molar-refractivity contribution >= 4 is 22.9 Å². The Labute approximate surface area is 178 Å². The molecule has 1 N–H and O–H groups in total. The number of aromatic nitrogens is 3. The molecule has 5 nitrogen and oxygen atoms in total. The quantitative estimate of drug-likeness (QED) is 0.456. The minimum Gasteiger partial charge on any atom is -0.321 e. The molecule has 0 radical (unpaired) electrons. The fourth-order valence-electron chi connectivity index (χ4n) is 3.50. The molecule has 0 bridgehead atoms. The smallest absolute Gasteiger partial charge is 0.276 e. The zero-order chi connectivity index (χ0) is 20.5. The number of nitrogens with one attached hydrogen (secondary N) is 1. The molecule has 3 heterocycles. The van der Waals surface area contributed by atoms with Crippen molar-refractivity contribution in [2.75, 3.05) is 5.32 Å². The van der Waals surface area contributed by atoms with Gasteiger partial charge in [-0.1, -0.05) is 6.07 Å². The van der Waals surface area contributed by atoms with Crippen molar-refractivity contribution in [3.8, 4) is 22.4 Å². The van der Waals surface area contributed by atoms with Gasteiger partial charge in [0.1, 0.15) is 0 Å². The zero-order valence-electron chi connectivity index (χ0n) is 16.5. The van der Waals surface area contributed by atoms with Gasteiger partial charge >= 0.3 is 0 Å². The molecule has 1 amide bonds.